The molecular weight excluding hydrogens is 79.0 g/mol. The molecule has 0 aliphatic rings. The van der Waals surface area contributed by atoms with E-state index in [-0.39, 0.29) is 57.5 Å². The average molecular weight is 83.1 g/mol. The van der Waals surface area contributed by atoms with E-state index in [1.165, 1.54) is 0 Å². The number of hydrogen-bond donors (Lipinski definition) is 1. The van der Waals surface area contributed by atoms with Gasteiger partial charge in [0.15, 0.2) is 0 Å². The Morgan fingerprint density at radius 3 is 1.25 bits per heavy atom. The van der Waals surface area contributed by atoms with Crippen molar-refractivity contribution >= 4 is 69.6 Å². The van der Waals surface area contributed by atoms with Crippen LogP contribution in [0.2, 0.25) is 0 Å². The minimum absolute atomic E-state index is 0. The van der Waals surface area contributed by atoms with E-state index in [2.05, 4.69) is 0 Å². The molecule has 0 bridgehead atoms. The molecule has 3 N–H and O–H groups in total. The summed E-state index contributed by atoms with van der Waals surface area (Å²) in [6.45, 7) is 0. The number of hydrogen-bond acceptors (Lipinski definition) is 1. The monoisotopic (exact) mass is 83.0 g/mol. The molecule has 0 amide bonds. The fourth-order valence-electron chi connectivity index (χ4n) is 0. The Hall–Kier alpha value is 2.12. The second kappa shape index (κ2) is 19.3. The van der Waals surface area contributed by atoms with Gasteiger partial charge in [0.1, 0.15) is 0 Å². The normalized spacial score (nSPS) is 1.75. The average Bonchev–Trinajstić information content (AvgIpc) is 1.00. The van der Waals surface area contributed by atoms with Crippen LogP contribution in [0.25, 0.3) is 0 Å². The zero-order valence-electron chi connectivity index (χ0n) is 2.09. The van der Waals surface area contributed by atoms with Crippen molar-refractivity contribution in [1.82, 2.24) is 6.15 Å². The third kappa shape index (κ3) is 8.92. The van der Waals surface area contributed by atoms with Crippen LogP contribution in [0.3, 0.4) is 0 Å². The number of halogens is 1. The molecule has 0 radical (unpaired) electrons. The molecule has 0 aromatic rings. The van der Waals surface area contributed by atoms with Crippen molar-refractivity contribution in [1.29, 1.82) is 0 Å². The predicted octanol–water partition coefficient (Wildman–Crippen LogP) is -0.447. The molecule has 0 unspecified atom stereocenters. The maximum absolute atomic E-state index is 9.50. The Morgan fingerprint density at radius 2 is 1.25 bits per heavy atom. The van der Waals surface area contributed by atoms with Gasteiger partial charge in [-0.3, -0.25) is 0 Å². The topological polar surface area (TPSA) is 35.0 Å². The molecule has 0 aromatic carbocycles. The first-order valence-corrected chi connectivity index (χ1v) is 0.378. The number of rotatable bonds is 0. The van der Waals surface area contributed by atoms with Gasteiger partial charge in [0.05, 0.1) is 0 Å². The second-order valence-corrected chi connectivity index (χ2v) is 0. The van der Waals surface area contributed by atoms with Crippen LogP contribution >= 0.6 is 0 Å². The molecule has 0 aliphatic carbocycles. The van der Waals surface area contributed by atoms with Gasteiger partial charge in [0, 0.05) is 0 Å². The van der Waals surface area contributed by atoms with E-state index in [0.29, 0.717) is 18.2 Å². The van der Waals surface area contributed by atoms with Gasteiger partial charge in [-0.05, 0) is 0 Å². The van der Waals surface area contributed by atoms with Crippen LogP contribution in [0.4, 0.5) is 3.38 Å². The second-order valence-electron chi connectivity index (χ2n) is 0. The van der Waals surface area contributed by atoms with E-state index >= 15 is 0 Å². The van der Waals surface area contributed by atoms with Crippen LogP contribution in [0.1, 0.15) is 0 Å². The molecule has 18 valence electrons. The van der Waals surface area contributed by atoms with E-state index in [1.807, 2.05) is 0 Å². The van der Waals surface area contributed by atoms with Gasteiger partial charge in [-0.25, -0.2) is 0 Å². The summed E-state index contributed by atoms with van der Waals surface area (Å²) in [5, 5.41) is 0. The third-order valence-electron chi connectivity index (χ3n) is 0. The van der Waals surface area contributed by atoms with Gasteiger partial charge in [0.25, 0.3) is 0 Å². The van der Waals surface area contributed by atoms with Gasteiger partial charge in [-0.15, -0.1) is 0 Å². The summed E-state index contributed by atoms with van der Waals surface area (Å²) in [5.74, 6) is 0. The van der Waals surface area contributed by atoms with Crippen molar-refractivity contribution in [2.24, 2.45) is 0 Å². The molecule has 0 rings (SSSR count). The molecule has 0 aromatic heterocycles. The van der Waals surface area contributed by atoms with Crippen molar-refractivity contribution in [2.75, 3.05) is 0 Å². The van der Waals surface area contributed by atoms with Gasteiger partial charge in [0.2, 0.25) is 0 Å². The van der Waals surface area contributed by atoms with Crippen LogP contribution in [0.5, 0.6) is 0 Å². The molecular formula is H4FKLiN. The first-order valence-electron chi connectivity index (χ1n) is 0.378. The van der Waals surface area contributed by atoms with Gasteiger partial charge in [-0.2, -0.15) is 0 Å². The van der Waals surface area contributed by atoms with Crippen LogP contribution in [-0.4, -0.2) is 69.6 Å². The molecule has 0 heterocycles. The van der Waals surface area contributed by atoms with Crippen molar-refractivity contribution in [3.05, 3.63) is 0 Å². The van der Waals surface area contributed by atoms with E-state index < -0.39 is 0 Å². The zero-order chi connectivity index (χ0) is 2.00. The first-order chi connectivity index (χ1) is 1.00. The predicted molar refractivity (Wildman–Crippen MR) is 19.0 cm³/mol. The molecule has 0 spiro atoms. The SMILES string of the molecule is N.[KH].[Li][F]. The summed E-state index contributed by atoms with van der Waals surface area (Å²) >= 11 is 0.500. The minimum atomic E-state index is 0. The Labute approximate surface area is 77.5 Å². The standard InChI is InChI=1S/FH.K.Li.H3N.H/h1H;;;1H3;/q;;+1;;/p-1. The third-order valence-corrected chi connectivity index (χ3v) is 0. The first kappa shape index (κ1) is 16.5. The van der Waals surface area contributed by atoms with Gasteiger partial charge < -0.3 is 6.15 Å². The molecule has 0 aliphatic heterocycles. The molecule has 0 saturated carbocycles. The summed E-state index contributed by atoms with van der Waals surface area (Å²) in [4.78, 5) is 0. The molecule has 1 nitrogen and oxygen atoms in total. The summed E-state index contributed by atoms with van der Waals surface area (Å²) < 4.78 is 9.50. The quantitative estimate of drug-likeness (QED) is 0.395. The van der Waals surface area contributed by atoms with Crippen molar-refractivity contribution in [3.8, 4) is 0 Å². The Kier molecular flexibility index (Phi) is 79.6. The van der Waals surface area contributed by atoms with E-state index in [4.69, 9.17) is 0 Å². The van der Waals surface area contributed by atoms with Crippen molar-refractivity contribution < 1.29 is 3.38 Å². The molecule has 0 fully saturated rings. The van der Waals surface area contributed by atoms with E-state index in [9.17, 15) is 3.38 Å². The van der Waals surface area contributed by atoms with Crippen molar-refractivity contribution in [3.63, 3.8) is 0 Å². The Bertz CT molecular complexity index is 8.00. The zero-order valence-corrected chi connectivity index (χ0v) is 2.09. The van der Waals surface area contributed by atoms with E-state index in [1.54, 1.807) is 0 Å². The van der Waals surface area contributed by atoms with Crippen LogP contribution in [0, 0.1) is 0 Å². The Morgan fingerprint density at radius 1 is 1.25 bits per heavy atom. The molecule has 0 atom stereocenters. The molecule has 4 heteroatoms. The summed E-state index contributed by atoms with van der Waals surface area (Å²) in [7, 11) is 0. The fourth-order valence-corrected chi connectivity index (χ4v) is 0. The van der Waals surface area contributed by atoms with Crippen LogP contribution in [0.15, 0.2) is 0 Å². The summed E-state index contributed by atoms with van der Waals surface area (Å²) in [5.41, 5.74) is 0. The van der Waals surface area contributed by atoms with Crippen LogP contribution in [-0.2, 0) is 0 Å². The van der Waals surface area contributed by atoms with E-state index in [0.717, 1.165) is 0 Å². The Balaban J connectivity index is -0.00000000500. The van der Waals surface area contributed by atoms with Gasteiger partial charge >= 0.3 is 73.0 Å². The van der Waals surface area contributed by atoms with Gasteiger partial charge in [-0.1, -0.05) is 0 Å². The van der Waals surface area contributed by atoms with Crippen molar-refractivity contribution in [2.45, 2.75) is 0 Å². The molecule has 0 saturated heterocycles. The summed E-state index contributed by atoms with van der Waals surface area (Å²) in [6, 6.07) is 0. The fraction of sp³-hybridized carbons (Fsp3) is 0. The van der Waals surface area contributed by atoms with Crippen LogP contribution < -0.4 is 6.15 Å². The maximum atomic E-state index is 9.50. The summed E-state index contributed by atoms with van der Waals surface area (Å²) in [6.07, 6.45) is 0. The molecule has 4 heavy (non-hydrogen) atoms.